The molecule has 7 heteroatoms. The van der Waals surface area contributed by atoms with Crippen LogP contribution in [0.2, 0.25) is 0 Å². The summed E-state index contributed by atoms with van der Waals surface area (Å²) in [5.74, 6) is 1.64. The van der Waals surface area contributed by atoms with Crippen LogP contribution in [-0.2, 0) is 19.6 Å². The van der Waals surface area contributed by atoms with E-state index in [0.717, 1.165) is 18.3 Å². The molecule has 6 nitrogen and oxygen atoms in total. The second-order valence-electron chi connectivity index (χ2n) is 7.30. The number of benzene rings is 3. The van der Waals surface area contributed by atoms with Crippen molar-refractivity contribution < 1.29 is 4.74 Å². The van der Waals surface area contributed by atoms with Gasteiger partial charge in [0.15, 0.2) is 5.96 Å². The van der Waals surface area contributed by atoms with E-state index in [-0.39, 0.29) is 24.0 Å². The second-order valence-corrected chi connectivity index (χ2v) is 7.30. The molecule has 0 aliphatic rings. The van der Waals surface area contributed by atoms with Gasteiger partial charge in [0.2, 0.25) is 0 Å². The molecule has 0 radical (unpaired) electrons. The zero-order valence-corrected chi connectivity index (χ0v) is 20.6. The van der Waals surface area contributed by atoms with Gasteiger partial charge >= 0.3 is 0 Å². The van der Waals surface area contributed by atoms with Gasteiger partial charge in [0.05, 0.1) is 13.7 Å². The Hall–Kier alpha value is -3.07. The van der Waals surface area contributed by atoms with Crippen LogP contribution < -0.4 is 15.4 Å². The normalized spacial score (nSPS) is 11.1. The Morgan fingerprint density at radius 2 is 1.69 bits per heavy atom. The van der Waals surface area contributed by atoms with Crippen LogP contribution in [-0.4, -0.2) is 29.9 Å². The zero-order valence-electron chi connectivity index (χ0n) is 18.3. The summed E-state index contributed by atoms with van der Waals surface area (Å²) in [5, 5.41) is 13.5. The highest BCUT2D eigenvalue weighted by Crippen LogP contribution is 2.21. The van der Waals surface area contributed by atoms with E-state index in [0.29, 0.717) is 13.1 Å². The van der Waals surface area contributed by atoms with E-state index in [1.807, 2.05) is 29.1 Å². The van der Waals surface area contributed by atoms with Crippen molar-refractivity contribution >= 4 is 40.7 Å². The Bertz CT molecular complexity index is 1170. The summed E-state index contributed by atoms with van der Waals surface area (Å²) >= 11 is 0. The number of guanidine groups is 1. The lowest BCUT2D eigenvalue weighted by Gasteiger charge is -2.15. The van der Waals surface area contributed by atoms with Gasteiger partial charge in [-0.25, -0.2) is 0 Å². The van der Waals surface area contributed by atoms with Crippen LogP contribution in [0.3, 0.4) is 0 Å². The average Bonchev–Trinajstić information content (AvgIpc) is 3.33. The van der Waals surface area contributed by atoms with Crippen molar-refractivity contribution in [3.8, 4) is 5.75 Å². The number of fused-ring (bicyclic) bond motifs is 1. The molecule has 4 aromatic rings. The van der Waals surface area contributed by atoms with E-state index in [4.69, 9.17) is 4.74 Å². The lowest BCUT2D eigenvalue weighted by molar-refractivity contribution is 0.415. The molecule has 0 aliphatic carbocycles. The van der Waals surface area contributed by atoms with E-state index in [1.165, 1.54) is 27.5 Å². The van der Waals surface area contributed by atoms with Gasteiger partial charge in [-0.3, -0.25) is 9.67 Å². The minimum Gasteiger partial charge on any atom is -0.497 e. The van der Waals surface area contributed by atoms with Crippen molar-refractivity contribution in [2.45, 2.75) is 19.6 Å². The Labute approximate surface area is 205 Å². The number of nitrogens with zero attached hydrogens (tertiary/aromatic N) is 3. The van der Waals surface area contributed by atoms with Crippen molar-refractivity contribution in [1.29, 1.82) is 0 Å². The maximum atomic E-state index is 5.31. The van der Waals surface area contributed by atoms with Gasteiger partial charge < -0.3 is 15.4 Å². The van der Waals surface area contributed by atoms with Gasteiger partial charge in [0, 0.05) is 32.5 Å². The van der Waals surface area contributed by atoms with Crippen molar-refractivity contribution in [2.75, 3.05) is 14.2 Å². The predicted molar refractivity (Wildman–Crippen MR) is 141 cm³/mol. The first-order chi connectivity index (χ1) is 15.2. The summed E-state index contributed by atoms with van der Waals surface area (Å²) in [5.41, 5.74) is 3.65. The lowest BCUT2D eigenvalue weighted by atomic mass is 10.1. The predicted octanol–water partition coefficient (Wildman–Crippen LogP) is 4.58. The average molecular weight is 541 g/mol. The third-order valence-corrected chi connectivity index (χ3v) is 5.25. The van der Waals surface area contributed by atoms with Gasteiger partial charge in [0.25, 0.3) is 0 Å². The standard InChI is InChI=1S/C25H27N5O.HI/c1-26-25(27-16-19-8-9-21-15-24(31-2)11-10-20(21)14-19)28-17-22-6-3-4-7-23(22)18-30-13-5-12-29-30;/h3-15H,16-18H2,1-2H3,(H2,26,27,28);1H. The summed E-state index contributed by atoms with van der Waals surface area (Å²) in [6.07, 6.45) is 3.78. The molecule has 0 bridgehead atoms. The molecule has 32 heavy (non-hydrogen) atoms. The monoisotopic (exact) mass is 541 g/mol. The number of rotatable bonds is 7. The number of aromatic nitrogens is 2. The Balaban J connectivity index is 0.00000289. The minimum atomic E-state index is 0. The van der Waals surface area contributed by atoms with Crippen molar-refractivity contribution in [3.63, 3.8) is 0 Å². The topological polar surface area (TPSA) is 63.5 Å². The highest BCUT2D eigenvalue weighted by Gasteiger charge is 2.05. The van der Waals surface area contributed by atoms with E-state index < -0.39 is 0 Å². The van der Waals surface area contributed by atoms with Gasteiger partial charge in [-0.05, 0) is 51.7 Å². The van der Waals surface area contributed by atoms with Crippen LogP contribution in [0.5, 0.6) is 5.75 Å². The van der Waals surface area contributed by atoms with Crippen LogP contribution in [0.15, 0.2) is 84.1 Å². The zero-order chi connectivity index (χ0) is 21.5. The SMILES string of the molecule is CN=C(NCc1ccc2cc(OC)ccc2c1)NCc1ccccc1Cn1cccn1.I. The van der Waals surface area contributed by atoms with Crippen molar-refractivity contribution in [3.05, 3.63) is 95.8 Å². The van der Waals surface area contributed by atoms with Crippen LogP contribution in [0.4, 0.5) is 0 Å². The fourth-order valence-electron chi connectivity index (χ4n) is 3.55. The quantitative estimate of drug-likeness (QED) is 0.204. The molecule has 4 rings (SSSR count). The van der Waals surface area contributed by atoms with Crippen molar-refractivity contribution in [1.82, 2.24) is 20.4 Å². The second kappa shape index (κ2) is 11.5. The molecule has 0 saturated carbocycles. The molecule has 0 aliphatic heterocycles. The molecule has 0 unspecified atom stereocenters. The van der Waals surface area contributed by atoms with Gasteiger partial charge in [-0.2, -0.15) is 5.10 Å². The molecule has 0 amide bonds. The fourth-order valence-corrected chi connectivity index (χ4v) is 3.55. The number of nitrogens with one attached hydrogen (secondary N) is 2. The molecule has 0 atom stereocenters. The van der Waals surface area contributed by atoms with Crippen molar-refractivity contribution in [2.24, 2.45) is 4.99 Å². The van der Waals surface area contributed by atoms with Gasteiger partial charge in [0.1, 0.15) is 5.75 Å². The smallest absolute Gasteiger partial charge is 0.191 e. The fraction of sp³-hybridized carbons (Fsp3) is 0.200. The molecule has 0 spiro atoms. The first-order valence-corrected chi connectivity index (χ1v) is 10.3. The highest BCUT2D eigenvalue weighted by molar-refractivity contribution is 14.0. The van der Waals surface area contributed by atoms with Crippen LogP contribution in [0.1, 0.15) is 16.7 Å². The maximum Gasteiger partial charge on any atom is 0.191 e. The molecule has 166 valence electrons. The Kier molecular flexibility index (Phi) is 8.49. The van der Waals surface area contributed by atoms with E-state index in [1.54, 1.807) is 20.4 Å². The molecule has 1 aromatic heterocycles. The lowest BCUT2D eigenvalue weighted by Crippen LogP contribution is -2.36. The summed E-state index contributed by atoms with van der Waals surface area (Å²) in [7, 11) is 3.48. The number of methoxy groups -OCH3 is 1. The molecule has 0 saturated heterocycles. The van der Waals surface area contributed by atoms with Crippen LogP contribution in [0, 0.1) is 0 Å². The number of hydrogen-bond donors (Lipinski definition) is 2. The Morgan fingerprint density at radius 1 is 0.938 bits per heavy atom. The third kappa shape index (κ3) is 6.00. The highest BCUT2D eigenvalue weighted by atomic mass is 127. The maximum absolute atomic E-state index is 5.31. The molecular formula is C25H28IN5O. The van der Waals surface area contributed by atoms with Gasteiger partial charge in [-0.15, -0.1) is 24.0 Å². The summed E-state index contributed by atoms with van der Waals surface area (Å²) < 4.78 is 7.24. The molecule has 0 fully saturated rings. The molecule has 1 heterocycles. The first kappa shape index (κ1) is 23.6. The number of hydrogen-bond acceptors (Lipinski definition) is 3. The van der Waals surface area contributed by atoms with Crippen LogP contribution >= 0.6 is 24.0 Å². The van der Waals surface area contributed by atoms with E-state index in [9.17, 15) is 0 Å². The first-order valence-electron chi connectivity index (χ1n) is 10.3. The van der Waals surface area contributed by atoms with Gasteiger partial charge in [-0.1, -0.05) is 42.5 Å². The van der Waals surface area contributed by atoms with E-state index >= 15 is 0 Å². The summed E-state index contributed by atoms with van der Waals surface area (Å²) in [6, 6.07) is 22.9. The number of ether oxygens (including phenoxy) is 1. The number of halogens is 1. The summed E-state index contributed by atoms with van der Waals surface area (Å²) in [4.78, 5) is 4.37. The molecule has 2 N–H and O–H groups in total. The molecule has 3 aromatic carbocycles. The largest absolute Gasteiger partial charge is 0.497 e. The van der Waals surface area contributed by atoms with Crippen LogP contribution in [0.25, 0.3) is 10.8 Å². The van der Waals surface area contributed by atoms with E-state index in [2.05, 4.69) is 69.3 Å². The number of aliphatic imine (C=N–C) groups is 1. The summed E-state index contributed by atoms with van der Waals surface area (Å²) in [6.45, 7) is 2.13. The third-order valence-electron chi connectivity index (χ3n) is 5.25. The minimum absolute atomic E-state index is 0. The Morgan fingerprint density at radius 3 is 2.44 bits per heavy atom. The molecular weight excluding hydrogens is 513 g/mol.